The minimum absolute atomic E-state index is 0.415. The van der Waals surface area contributed by atoms with Crippen molar-refractivity contribution in [1.29, 1.82) is 0 Å². The maximum atomic E-state index is 12.0. The van der Waals surface area contributed by atoms with Gasteiger partial charge in [-0.05, 0) is 18.8 Å². The van der Waals surface area contributed by atoms with E-state index in [0.717, 1.165) is 17.5 Å². The fourth-order valence-electron chi connectivity index (χ4n) is 3.65. The first-order valence-electron chi connectivity index (χ1n) is 11.8. The van der Waals surface area contributed by atoms with Crippen molar-refractivity contribution < 1.29 is 9.53 Å². The normalized spacial score (nSPS) is 12.2. The average molecular weight is 394 g/mol. The van der Waals surface area contributed by atoms with Crippen molar-refractivity contribution in [2.45, 2.75) is 117 Å². The predicted molar refractivity (Wildman–Crippen MR) is 115 cm³/mol. The third kappa shape index (κ3) is 12.9. The van der Waals surface area contributed by atoms with E-state index in [1.165, 1.54) is 103 Å². The molecule has 0 aromatic carbocycles. The van der Waals surface area contributed by atoms with E-state index >= 15 is 0 Å². The van der Waals surface area contributed by atoms with Gasteiger partial charge in [0.25, 0.3) is 0 Å². The monoisotopic (exact) mass is 393 g/mol. The number of aromatic nitrogens is 3. The van der Waals surface area contributed by atoms with E-state index in [4.69, 9.17) is 4.74 Å². The van der Waals surface area contributed by atoms with Crippen molar-refractivity contribution >= 4 is 6.09 Å². The number of carbonyl (C=O) groups is 1. The van der Waals surface area contributed by atoms with E-state index in [2.05, 4.69) is 23.9 Å². The van der Waals surface area contributed by atoms with Gasteiger partial charge in [-0.25, -0.2) is 9.78 Å². The van der Waals surface area contributed by atoms with Gasteiger partial charge in [-0.15, -0.1) is 5.10 Å². The molecule has 28 heavy (non-hydrogen) atoms. The molecule has 0 aliphatic heterocycles. The number of unbranched alkanes of at least 4 members (excludes halogenated alkanes) is 12. The van der Waals surface area contributed by atoms with Gasteiger partial charge in [0, 0.05) is 0 Å². The Kier molecular flexibility index (Phi) is 15.6. The molecule has 0 radical (unpaired) electrons. The third-order valence-electron chi connectivity index (χ3n) is 5.48. The third-order valence-corrected chi connectivity index (χ3v) is 5.48. The van der Waals surface area contributed by atoms with Gasteiger partial charge in [-0.3, -0.25) is 0 Å². The Bertz CT molecular complexity index is 462. The molecule has 1 unspecified atom stereocenters. The Labute approximate surface area is 172 Å². The van der Waals surface area contributed by atoms with Crippen molar-refractivity contribution in [3.05, 3.63) is 12.7 Å². The molecule has 5 nitrogen and oxygen atoms in total. The molecule has 5 heteroatoms. The number of rotatable bonds is 18. The number of hydrogen-bond acceptors (Lipinski definition) is 4. The average Bonchev–Trinajstić information content (AvgIpc) is 3.24. The van der Waals surface area contributed by atoms with Crippen LogP contribution in [0.15, 0.2) is 12.7 Å². The van der Waals surface area contributed by atoms with Gasteiger partial charge in [0.15, 0.2) is 0 Å². The van der Waals surface area contributed by atoms with Crippen LogP contribution in [0.3, 0.4) is 0 Å². The zero-order valence-corrected chi connectivity index (χ0v) is 18.4. The lowest BCUT2D eigenvalue weighted by molar-refractivity contribution is 0.119. The summed E-state index contributed by atoms with van der Waals surface area (Å²) in [6.45, 7) is 5.02. The molecule has 1 aromatic heterocycles. The van der Waals surface area contributed by atoms with Gasteiger partial charge in [-0.1, -0.05) is 104 Å². The number of ether oxygens (including phenoxy) is 1. The summed E-state index contributed by atoms with van der Waals surface area (Å²) in [4.78, 5) is 15.8. The molecule has 0 aliphatic rings. The van der Waals surface area contributed by atoms with Crippen LogP contribution in [0.5, 0.6) is 0 Å². The summed E-state index contributed by atoms with van der Waals surface area (Å²) in [6.07, 6.45) is 23.2. The van der Waals surface area contributed by atoms with Crippen LogP contribution in [-0.2, 0) is 4.74 Å². The first-order valence-corrected chi connectivity index (χ1v) is 11.8. The second-order valence-electron chi connectivity index (χ2n) is 8.10. The van der Waals surface area contributed by atoms with E-state index < -0.39 is 6.09 Å². The lowest BCUT2D eigenvalue weighted by Crippen LogP contribution is -2.19. The summed E-state index contributed by atoms with van der Waals surface area (Å²) in [6, 6.07) is 0. The Hall–Kier alpha value is -1.39. The smallest absolute Gasteiger partial charge is 0.436 e. The van der Waals surface area contributed by atoms with Crippen molar-refractivity contribution in [2.24, 2.45) is 5.92 Å². The molecule has 0 amide bonds. The van der Waals surface area contributed by atoms with Gasteiger partial charge in [0.05, 0.1) is 6.61 Å². The maximum absolute atomic E-state index is 12.0. The van der Waals surface area contributed by atoms with Crippen LogP contribution in [-0.4, -0.2) is 27.5 Å². The molecule has 1 aromatic rings. The first kappa shape index (κ1) is 24.6. The van der Waals surface area contributed by atoms with E-state index in [1.807, 2.05) is 0 Å². The SMILES string of the molecule is CCCCCCCCCCC(CCCCCCCC)COC(=O)n1cncn1. The van der Waals surface area contributed by atoms with Gasteiger partial charge < -0.3 is 4.74 Å². The van der Waals surface area contributed by atoms with Crippen LogP contribution >= 0.6 is 0 Å². The molecular formula is C23H43N3O2. The van der Waals surface area contributed by atoms with Gasteiger partial charge in [-0.2, -0.15) is 4.68 Å². The van der Waals surface area contributed by atoms with Gasteiger partial charge in [0.1, 0.15) is 12.7 Å². The first-order chi connectivity index (χ1) is 13.8. The summed E-state index contributed by atoms with van der Waals surface area (Å²) in [5, 5.41) is 3.85. The van der Waals surface area contributed by atoms with Crippen LogP contribution in [0.25, 0.3) is 0 Å². The highest BCUT2D eigenvalue weighted by atomic mass is 16.6. The maximum Gasteiger partial charge on any atom is 0.436 e. The summed E-state index contributed by atoms with van der Waals surface area (Å²) in [5.41, 5.74) is 0. The number of carbonyl (C=O) groups excluding carboxylic acids is 1. The number of nitrogens with zero attached hydrogens (tertiary/aromatic N) is 3. The van der Waals surface area contributed by atoms with Crippen molar-refractivity contribution in [1.82, 2.24) is 14.8 Å². The van der Waals surface area contributed by atoms with Crippen molar-refractivity contribution in [2.75, 3.05) is 6.61 Å². The highest BCUT2D eigenvalue weighted by molar-refractivity contribution is 5.68. The fourth-order valence-corrected chi connectivity index (χ4v) is 3.65. The van der Waals surface area contributed by atoms with Crippen LogP contribution in [0, 0.1) is 5.92 Å². The Morgan fingerprint density at radius 2 is 1.32 bits per heavy atom. The Morgan fingerprint density at radius 3 is 1.79 bits per heavy atom. The second-order valence-corrected chi connectivity index (χ2v) is 8.10. The standard InChI is InChI=1S/C23H43N3O2/c1-3-5-7-9-11-12-14-16-18-22(17-15-13-10-8-6-4-2)19-28-23(27)26-21-24-20-25-26/h20-22H,3-19H2,1-2H3. The summed E-state index contributed by atoms with van der Waals surface area (Å²) in [7, 11) is 0. The number of hydrogen-bond donors (Lipinski definition) is 0. The minimum Gasteiger partial charge on any atom is -0.448 e. The quantitative estimate of drug-likeness (QED) is 0.248. The molecule has 0 fully saturated rings. The summed E-state index contributed by atoms with van der Waals surface area (Å²) in [5.74, 6) is 0.471. The Morgan fingerprint density at radius 1 is 0.821 bits per heavy atom. The highest BCUT2D eigenvalue weighted by Gasteiger charge is 2.13. The molecule has 0 bridgehead atoms. The fraction of sp³-hybridized carbons (Fsp3) is 0.870. The molecular weight excluding hydrogens is 350 g/mol. The molecule has 0 aliphatic carbocycles. The zero-order chi connectivity index (χ0) is 20.3. The van der Waals surface area contributed by atoms with E-state index in [0.29, 0.717) is 12.5 Å². The molecule has 1 rings (SSSR count). The van der Waals surface area contributed by atoms with Gasteiger partial charge >= 0.3 is 6.09 Å². The minimum atomic E-state index is -0.415. The molecule has 1 atom stereocenters. The second kappa shape index (κ2) is 17.7. The summed E-state index contributed by atoms with van der Waals surface area (Å²) >= 11 is 0. The van der Waals surface area contributed by atoms with Crippen molar-refractivity contribution in [3.8, 4) is 0 Å². The molecule has 0 saturated heterocycles. The predicted octanol–water partition coefficient (Wildman–Crippen LogP) is 7.16. The Balaban J connectivity index is 2.22. The largest absolute Gasteiger partial charge is 0.448 e. The van der Waals surface area contributed by atoms with Crippen LogP contribution < -0.4 is 0 Å². The summed E-state index contributed by atoms with van der Waals surface area (Å²) < 4.78 is 6.65. The van der Waals surface area contributed by atoms with Crippen LogP contribution in [0.4, 0.5) is 4.79 Å². The van der Waals surface area contributed by atoms with Crippen LogP contribution in [0.1, 0.15) is 117 Å². The molecule has 0 N–H and O–H groups in total. The zero-order valence-electron chi connectivity index (χ0n) is 18.4. The van der Waals surface area contributed by atoms with E-state index in [-0.39, 0.29) is 0 Å². The van der Waals surface area contributed by atoms with E-state index in [9.17, 15) is 4.79 Å². The molecule has 162 valence electrons. The van der Waals surface area contributed by atoms with E-state index in [1.54, 1.807) is 0 Å². The van der Waals surface area contributed by atoms with Gasteiger partial charge in [0.2, 0.25) is 0 Å². The lowest BCUT2D eigenvalue weighted by atomic mass is 9.94. The van der Waals surface area contributed by atoms with Crippen molar-refractivity contribution in [3.63, 3.8) is 0 Å². The molecule has 0 spiro atoms. The highest BCUT2D eigenvalue weighted by Crippen LogP contribution is 2.20. The lowest BCUT2D eigenvalue weighted by Gasteiger charge is -2.17. The van der Waals surface area contributed by atoms with Crippen LogP contribution in [0.2, 0.25) is 0 Å². The molecule has 1 heterocycles. The molecule has 0 saturated carbocycles. The topological polar surface area (TPSA) is 57.0 Å².